The van der Waals surface area contributed by atoms with E-state index in [1.807, 2.05) is 28.8 Å². The summed E-state index contributed by atoms with van der Waals surface area (Å²) in [5.74, 6) is 0.154. The molecule has 0 atom stereocenters. The molecule has 0 radical (unpaired) electrons. The second-order valence-electron chi connectivity index (χ2n) is 7.24. The van der Waals surface area contributed by atoms with Crippen LogP contribution < -0.4 is 5.32 Å². The number of aromatic nitrogens is 2. The number of carbonyl (C=O) groups is 1. The molecule has 4 rings (SSSR count). The van der Waals surface area contributed by atoms with Gasteiger partial charge in [0.15, 0.2) is 0 Å². The number of nitro benzene ring substituents is 1. The molecule has 2 heterocycles. The van der Waals surface area contributed by atoms with Crippen molar-refractivity contribution in [3.8, 4) is 0 Å². The van der Waals surface area contributed by atoms with E-state index in [2.05, 4.69) is 15.2 Å². The predicted molar refractivity (Wildman–Crippen MR) is 111 cm³/mol. The Bertz CT molecular complexity index is 1020. The number of para-hydroxylation sites is 2. The number of hydrogen-bond donors (Lipinski definition) is 1. The van der Waals surface area contributed by atoms with Gasteiger partial charge in [-0.15, -0.1) is 0 Å². The number of carbonyl (C=O) groups excluding carboxylic acids is 1. The molecular weight excluding hydrogens is 370 g/mol. The van der Waals surface area contributed by atoms with E-state index >= 15 is 0 Å². The topological polar surface area (TPSA) is 93.3 Å². The highest BCUT2D eigenvalue weighted by Crippen LogP contribution is 2.21. The van der Waals surface area contributed by atoms with E-state index in [1.54, 1.807) is 0 Å². The number of imidazole rings is 1. The molecule has 1 aliphatic heterocycles. The van der Waals surface area contributed by atoms with Crippen LogP contribution in [-0.4, -0.2) is 44.9 Å². The molecule has 8 nitrogen and oxygen atoms in total. The number of rotatable bonds is 6. The average molecular weight is 393 g/mol. The lowest BCUT2D eigenvalue weighted by atomic mass is 10.1. The average Bonchev–Trinajstić information content (AvgIpc) is 3.10. The predicted octanol–water partition coefficient (Wildman–Crippen LogP) is 3.68. The number of fused-ring (bicyclic) bond motifs is 1. The Kier molecular flexibility index (Phi) is 5.53. The number of piperidine rings is 1. The van der Waals surface area contributed by atoms with Crippen molar-refractivity contribution in [1.82, 2.24) is 14.5 Å². The fourth-order valence-electron chi connectivity index (χ4n) is 3.73. The Morgan fingerprint density at radius 2 is 1.76 bits per heavy atom. The standard InChI is InChI=1S/C21H23N5O3/c27-20(16-8-10-17(11-9-16)26(28)29)23-21-22-18-6-2-3-7-19(18)25(21)15-14-24-12-4-1-5-13-24/h2-3,6-11H,1,4-5,12-15H2,(H,22,23,27). The number of nitrogens with zero attached hydrogens (tertiary/aromatic N) is 4. The van der Waals surface area contributed by atoms with Crippen molar-refractivity contribution in [1.29, 1.82) is 0 Å². The minimum absolute atomic E-state index is 0.0460. The first-order valence-electron chi connectivity index (χ1n) is 9.85. The van der Waals surface area contributed by atoms with Crippen molar-refractivity contribution in [2.75, 3.05) is 25.0 Å². The smallest absolute Gasteiger partial charge is 0.269 e. The van der Waals surface area contributed by atoms with Crippen LogP contribution in [0.15, 0.2) is 48.5 Å². The fraction of sp³-hybridized carbons (Fsp3) is 0.333. The number of likely N-dealkylation sites (tertiary alicyclic amines) is 1. The van der Waals surface area contributed by atoms with Crippen molar-refractivity contribution in [2.24, 2.45) is 0 Å². The number of hydrogen-bond acceptors (Lipinski definition) is 5. The van der Waals surface area contributed by atoms with E-state index < -0.39 is 4.92 Å². The molecule has 1 amide bonds. The van der Waals surface area contributed by atoms with Crippen molar-refractivity contribution >= 4 is 28.6 Å². The molecule has 1 N–H and O–H groups in total. The zero-order chi connectivity index (χ0) is 20.2. The van der Waals surface area contributed by atoms with Gasteiger partial charge in [-0.1, -0.05) is 18.6 Å². The van der Waals surface area contributed by atoms with Gasteiger partial charge in [-0.3, -0.25) is 20.2 Å². The SMILES string of the molecule is O=C(Nc1nc2ccccc2n1CCN1CCCCC1)c1ccc([N+](=O)[O-])cc1. The molecule has 8 heteroatoms. The molecule has 0 spiro atoms. The van der Waals surface area contributed by atoms with Gasteiger partial charge < -0.3 is 9.47 Å². The number of non-ortho nitro benzene ring substituents is 1. The summed E-state index contributed by atoms with van der Waals surface area (Å²) in [7, 11) is 0. The van der Waals surface area contributed by atoms with Gasteiger partial charge in [0.1, 0.15) is 0 Å². The molecule has 1 aliphatic rings. The zero-order valence-corrected chi connectivity index (χ0v) is 16.1. The monoisotopic (exact) mass is 393 g/mol. The number of nitro groups is 1. The molecule has 0 unspecified atom stereocenters. The lowest BCUT2D eigenvalue weighted by molar-refractivity contribution is -0.384. The number of benzene rings is 2. The van der Waals surface area contributed by atoms with Crippen LogP contribution in [0.3, 0.4) is 0 Å². The van der Waals surface area contributed by atoms with Crippen molar-refractivity contribution in [2.45, 2.75) is 25.8 Å². The van der Waals surface area contributed by atoms with Crippen LogP contribution in [0.1, 0.15) is 29.6 Å². The first-order chi connectivity index (χ1) is 14.1. The third kappa shape index (κ3) is 4.27. The highest BCUT2D eigenvalue weighted by molar-refractivity contribution is 6.04. The molecule has 29 heavy (non-hydrogen) atoms. The molecule has 150 valence electrons. The second-order valence-corrected chi connectivity index (χ2v) is 7.24. The Balaban J connectivity index is 1.55. The molecule has 1 fully saturated rings. The van der Waals surface area contributed by atoms with E-state index in [0.29, 0.717) is 11.5 Å². The minimum atomic E-state index is -0.484. The Morgan fingerprint density at radius 3 is 2.48 bits per heavy atom. The molecule has 1 aromatic heterocycles. The molecule has 2 aromatic carbocycles. The quantitative estimate of drug-likeness (QED) is 0.509. The van der Waals surface area contributed by atoms with Crippen LogP contribution in [0, 0.1) is 10.1 Å². The van der Waals surface area contributed by atoms with Gasteiger partial charge in [0.2, 0.25) is 5.95 Å². The summed E-state index contributed by atoms with van der Waals surface area (Å²) in [5, 5.41) is 13.7. The van der Waals surface area contributed by atoms with Gasteiger partial charge >= 0.3 is 0 Å². The van der Waals surface area contributed by atoms with Crippen molar-refractivity contribution in [3.05, 3.63) is 64.2 Å². The normalized spacial score (nSPS) is 14.8. The maximum atomic E-state index is 12.7. The van der Waals surface area contributed by atoms with Crippen LogP contribution >= 0.6 is 0 Å². The first-order valence-corrected chi connectivity index (χ1v) is 9.85. The Morgan fingerprint density at radius 1 is 1.03 bits per heavy atom. The summed E-state index contributed by atoms with van der Waals surface area (Å²) in [4.78, 5) is 30.0. The summed E-state index contributed by atoms with van der Waals surface area (Å²) in [6, 6.07) is 13.4. The second kappa shape index (κ2) is 8.40. The number of anilines is 1. The Hall–Kier alpha value is -3.26. The number of nitrogens with one attached hydrogen (secondary N) is 1. The van der Waals surface area contributed by atoms with E-state index in [9.17, 15) is 14.9 Å². The first kappa shape index (κ1) is 19.1. The maximum Gasteiger partial charge on any atom is 0.269 e. The fourth-order valence-corrected chi connectivity index (χ4v) is 3.73. The molecule has 0 saturated carbocycles. The highest BCUT2D eigenvalue weighted by Gasteiger charge is 2.17. The van der Waals surface area contributed by atoms with Gasteiger partial charge in [0, 0.05) is 30.8 Å². The third-order valence-electron chi connectivity index (χ3n) is 5.31. The zero-order valence-electron chi connectivity index (χ0n) is 16.1. The lowest BCUT2D eigenvalue weighted by Crippen LogP contribution is -2.32. The number of amides is 1. The summed E-state index contributed by atoms with van der Waals surface area (Å²) in [6.45, 7) is 3.85. The van der Waals surface area contributed by atoms with Crippen LogP contribution in [0.25, 0.3) is 11.0 Å². The van der Waals surface area contributed by atoms with Gasteiger partial charge in [-0.25, -0.2) is 4.98 Å². The maximum absolute atomic E-state index is 12.7. The molecular formula is C21H23N5O3. The summed E-state index contributed by atoms with van der Waals surface area (Å²) < 4.78 is 2.03. The van der Waals surface area contributed by atoms with Gasteiger partial charge in [-0.2, -0.15) is 0 Å². The van der Waals surface area contributed by atoms with Crippen LogP contribution in [-0.2, 0) is 6.54 Å². The van der Waals surface area contributed by atoms with Crippen LogP contribution in [0.2, 0.25) is 0 Å². The van der Waals surface area contributed by atoms with E-state index in [0.717, 1.165) is 37.2 Å². The lowest BCUT2D eigenvalue weighted by Gasteiger charge is -2.26. The molecule has 3 aromatic rings. The molecule has 0 aliphatic carbocycles. The van der Waals surface area contributed by atoms with E-state index in [-0.39, 0.29) is 11.6 Å². The molecule has 1 saturated heterocycles. The van der Waals surface area contributed by atoms with E-state index in [4.69, 9.17) is 0 Å². The van der Waals surface area contributed by atoms with Crippen molar-refractivity contribution < 1.29 is 9.72 Å². The van der Waals surface area contributed by atoms with Gasteiger partial charge in [0.25, 0.3) is 11.6 Å². The summed E-state index contributed by atoms with van der Waals surface area (Å²) in [5.41, 5.74) is 2.11. The summed E-state index contributed by atoms with van der Waals surface area (Å²) >= 11 is 0. The van der Waals surface area contributed by atoms with Crippen LogP contribution in [0.4, 0.5) is 11.6 Å². The highest BCUT2D eigenvalue weighted by atomic mass is 16.6. The van der Waals surface area contributed by atoms with E-state index in [1.165, 1.54) is 43.5 Å². The largest absolute Gasteiger partial charge is 0.309 e. The van der Waals surface area contributed by atoms with Gasteiger partial charge in [0.05, 0.1) is 16.0 Å². The van der Waals surface area contributed by atoms with Gasteiger partial charge in [-0.05, 0) is 50.2 Å². The molecule has 0 bridgehead atoms. The Labute approximate surface area is 168 Å². The minimum Gasteiger partial charge on any atom is -0.309 e. The summed E-state index contributed by atoms with van der Waals surface area (Å²) in [6.07, 6.45) is 3.75. The van der Waals surface area contributed by atoms with Crippen LogP contribution in [0.5, 0.6) is 0 Å². The third-order valence-corrected chi connectivity index (χ3v) is 5.31. The van der Waals surface area contributed by atoms with Crippen molar-refractivity contribution in [3.63, 3.8) is 0 Å².